The summed E-state index contributed by atoms with van der Waals surface area (Å²) in [6, 6.07) is 0. The molecule has 2 heteroatoms. The van der Waals surface area contributed by atoms with Gasteiger partial charge in [-0.3, -0.25) is 0 Å². The summed E-state index contributed by atoms with van der Waals surface area (Å²) in [4.78, 5) is 0. The molecular formula is C9H20O2. The van der Waals surface area contributed by atoms with Crippen LogP contribution in [-0.2, 0) is 0 Å². The summed E-state index contributed by atoms with van der Waals surface area (Å²) in [5.41, 5.74) is -0.587. The van der Waals surface area contributed by atoms with E-state index in [0.717, 1.165) is 12.8 Å². The maximum absolute atomic E-state index is 9.56. The van der Waals surface area contributed by atoms with Crippen LogP contribution in [0, 0.1) is 0 Å². The minimum atomic E-state index is -0.587. The molecule has 0 aliphatic carbocycles. The van der Waals surface area contributed by atoms with Crippen LogP contribution < -0.4 is 0 Å². The Morgan fingerprint density at radius 3 is 2.27 bits per heavy atom. The van der Waals surface area contributed by atoms with Crippen LogP contribution in [0.1, 0.15) is 46.5 Å². The molecule has 0 amide bonds. The third-order valence-electron chi connectivity index (χ3n) is 2.25. The van der Waals surface area contributed by atoms with Gasteiger partial charge in [0.25, 0.3) is 0 Å². The van der Waals surface area contributed by atoms with Crippen molar-refractivity contribution >= 4 is 0 Å². The fourth-order valence-corrected chi connectivity index (χ4v) is 0.858. The summed E-state index contributed by atoms with van der Waals surface area (Å²) >= 11 is 0. The number of aliphatic hydroxyl groups is 2. The Bertz CT molecular complexity index is 99.7. The van der Waals surface area contributed by atoms with E-state index in [9.17, 15) is 10.2 Å². The number of rotatable bonds is 5. The average molecular weight is 160 g/mol. The van der Waals surface area contributed by atoms with Crippen LogP contribution in [0.4, 0.5) is 0 Å². The molecule has 0 radical (unpaired) electrons. The first-order valence-corrected chi connectivity index (χ1v) is 4.42. The molecule has 11 heavy (non-hydrogen) atoms. The largest absolute Gasteiger partial charge is 0.393 e. The summed E-state index contributed by atoms with van der Waals surface area (Å²) in [6.45, 7) is 5.72. The van der Waals surface area contributed by atoms with Gasteiger partial charge in [-0.2, -0.15) is 0 Å². The van der Waals surface area contributed by atoms with Crippen LogP contribution in [0.15, 0.2) is 0 Å². The smallest absolute Gasteiger partial charge is 0.0618 e. The van der Waals surface area contributed by atoms with Crippen molar-refractivity contribution in [1.82, 2.24) is 0 Å². The summed E-state index contributed by atoms with van der Waals surface area (Å²) in [5.74, 6) is 0. The van der Waals surface area contributed by atoms with Gasteiger partial charge in [-0.05, 0) is 32.6 Å². The van der Waals surface area contributed by atoms with Gasteiger partial charge in [0.05, 0.1) is 11.7 Å². The van der Waals surface area contributed by atoms with Gasteiger partial charge in [-0.25, -0.2) is 0 Å². The predicted molar refractivity (Wildman–Crippen MR) is 46.4 cm³/mol. The second kappa shape index (κ2) is 4.73. The molecule has 0 heterocycles. The SMILES string of the molecule is CCC(O)CCC(C)(O)CC. The van der Waals surface area contributed by atoms with Crippen LogP contribution in [-0.4, -0.2) is 21.9 Å². The van der Waals surface area contributed by atoms with E-state index in [-0.39, 0.29) is 6.10 Å². The second-order valence-corrected chi connectivity index (χ2v) is 3.45. The van der Waals surface area contributed by atoms with Crippen molar-refractivity contribution in [3.05, 3.63) is 0 Å². The third-order valence-corrected chi connectivity index (χ3v) is 2.25. The maximum atomic E-state index is 9.56. The van der Waals surface area contributed by atoms with Crippen molar-refractivity contribution < 1.29 is 10.2 Å². The lowest BCUT2D eigenvalue weighted by Gasteiger charge is -2.22. The van der Waals surface area contributed by atoms with Crippen molar-refractivity contribution in [2.24, 2.45) is 0 Å². The molecule has 0 bridgehead atoms. The minimum Gasteiger partial charge on any atom is -0.393 e. The van der Waals surface area contributed by atoms with Crippen molar-refractivity contribution in [1.29, 1.82) is 0 Å². The van der Waals surface area contributed by atoms with E-state index in [1.54, 1.807) is 0 Å². The lowest BCUT2D eigenvalue weighted by Crippen LogP contribution is -2.24. The predicted octanol–water partition coefficient (Wildman–Crippen LogP) is 1.70. The molecule has 0 aromatic heterocycles. The quantitative estimate of drug-likeness (QED) is 0.642. The lowest BCUT2D eigenvalue weighted by molar-refractivity contribution is 0.0283. The molecule has 0 spiro atoms. The molecule has 0 aromatic carbocycles. The molecule has 0 saturated carbocycles. The third kappa shape index (κ3) is 5.22. The zero-order valence-electron chi connectivity index (χ0n) is 7.80. The molecule has 2 nitrogen and oxygen atoms in total. The zero-order chi connectivity index (χ0) is 8.91. The van der Waals surface area contributed by atoms with E-state index in [1.165, 1.54) is 0 Å². The van der Waals surface area contributed by atoms with Gasteiger partial charge in [-0.1, -0.05) is 13.8 Å². The van der Waals surface area contributed by atoms with Crippen LogP contribution in [0.3, 0.4) is 0 Å². The topological polar surface area (TPSA) is 40.5 Å². The summed E-state index contributed by atoms with van der Waals surface area (Å²) in [5, 5.41) is 18.8. The highest BCUT2D eigenvalue weighted by Gasteiger charge is 2.18. The molecule has 68 valence electrons. The molecule has 2 unspecified atom stereocenters. The first kappa shape index (κ1) is 10.9. The highest BCUT2D eigenvalue weighted by molar-refractivity contribution is 4.71. The van der Waals surface area contributed by atoms with Crippen LogP contribution in [0.5, 0.6) is 0 Å². The van der Waals surface area contributed by atoms with Crippen molar-refractivity contribution in [2.45, 2.75) is 58.2 Å². The van der Waals surface area contributed by atoms with Crippen LogP contribution in [0.25, 0.3) is 0 Å². The van der Waals surface area contributed by atoms with Gasteiger partial charge in [-0.15, -0.1) is 0 Å². The van der Waals surface area contributed by atoms with Gasteiger partial charge < -0.3 is 10.2 Å². The van der Waals surface area contributed by atoms with E-state index in [4.69, 9.17) is 0 Å². The monoisotopic (exact) mass is 160 g/mol. The molecule has 2 N–H and O–H groups in total. The van der Waals surface area contributed by atoms with Gasteiger partial charge in [0.2, 0.25) is 0 Å². The Morgan fingerprint density at radius 1 is 1.36 bits per heavy atom. The molecule has 0 aliphatic rings. The number of hydrogen-bond donors (Lipinski definition) is 2. The Kier molecular flexibility index (Phi) is 4.69. The van der Waals surface area contributed by atoms with Gasteiger partial charge >= 0.3 is 0 Å². The van der Waals surface area contributed by atoms with E-state index in [0.29, 0.717) is 12.8 Å². The summed E-state index contributed by atoms with van der Waals surface area (Å²) in [6.07, 6.45) is 2.69. The average Bonchev–Trinajstić information content (AvgIpc) is 2.00. The Hall–Kier alpha value is -0.0800. The highest BCUT2D eigenvalue weighted by atomic mass is 16.3. The molecule has 0 aliphatic heterocycles. The van der Waals surface area contributed by atoms with Gasteiger partial charge in [0.15, 0.2) is 0 Å². The first-order chi connectivity index (χ1) is 5.02. The van der Waals surface area contributed by atoms with Crippen LogP contribution >= 0.6 is 0 Å². The molecular weight excluding hydrogens is 140 g/mol. The normalized spacial score (nSPS) is 19.4. The molecule has 0 rings (SSSR count). The molecule has 0 fully saturated rings. The fourth-order valence-electron chi connectivity index (χ4n) is 0.858. The molecule has 0 aromatic rings. The van der Waals surface area contributed by atoms with E-state index in [1.807, 2.05) is 20.8 Å². The van der Waals surface area contributed by atoms with Crippen LogP contribution in [0.2, 0.25) is 0 Å². The Balaban J connectivity index is 3.52. The zero-order valence-corrected chi connectivity index (χ0v) is 7.80. The fraction of sp³-hybridized carbons (Fsp3) is 1.00. The molecule has 2 atom stereocenters. The molecule has 0 saturated heterocycles. The van der Waals surface area contributed by atoms with Gasteiger partial charge in [0, 0.05) is 0 Å². The maximum Gasteiger partial charge on any atom is 0.0618 e. The Labute approximate surface area is 69.2 Å². The van der Waals surface area contributed by atoms with E-state index >= 15 is 0 Å². The minimum absolute atomic E-state index is 0.243. The van der Waals surface area contributed by atoms with Crippen molar-refractivity contribution in [2.75, 3.05) is 0 Å². The van der Waals surface area contributed by atoms with E-state index in [2.05, 4.69) is 0 Å². The van der Waals surface area contributed by atoms with Crippen molar-refractivity contribution in [3.8, 4) is 0 Å². The highest BCUT2D eigenvalue weighted by Crippen LogP contribution is 2.17. The lowest BCUT2D eigenvalue weighted by atomic mass is 9.95. The number of hydrogen-bond acceptors (Lipinski definition) is 2. The first-order valence-electron chi connectivity index (χ1n) is 4.42. The number of aliphatic hydroxyl groups excluding tert-OH is 1. The summed E-state index contributed by atoms with van der Waals surface area (Å²) < 4.78 is 0. The standard InChI is InChI=1S/C9H20O2/c1-4-8(10)6-7-9(3,11)5-2/h8,10-11H,4-7H2,1-3H3. The Morgan fingerprint density at radius 2 is 1.91 bits per heavy atom. The van der Waals surface area contributed by atoms with E-state index < -0.39 is 5.60 Å². The summed E-state index contributed by atoms with van der Waals surface area (Å²) in [7, 11) is 0. The van der Waals surface area contributed by atoms with Gasteiger partial charge in [0.1, 0.15) is 0 Å². The second-order valence-electron chi connectivity index (χ2n) is 3.45. The van der Waals surface area contributed by atoms with Crippen molar-refractivity contribution in [3.63, 3.8) is 0 Å².